The Morgan fingerprint density at radius 1 is 0.966 bits per heavy atom. The molecule has 0 aliphatic carbocycles. The van der Waals surface area contributed by atoms with Crippen LogP contribution in [0.3, 0.4) is 0 Å². The highest BCUT2D eigenvalue weighted by atomic mass is 32.2. The molecule has 5 nitrogen and oxygen atoms in total. The summed E-state index contributed by atoms with van der Waals surface area (Å²) in [7, 11) is 2.56. The number of aromatic nitrogens is 1. The molecule has 1 N–H and O–H groups in total. The molecular formula is C23H25NO4S. The number of rotatable bonds is 7. The number of hydrogen-bond acceptors (Lipinski definition) is 5. The molecule has 0 amide bonds. The van der Waals surface area contributed by atoms with Crippen molar-refractivity contribution in [3.05, 3.63) is 59.7 Å². The van der Waals surface area contributed by atoms with Crippen LogP contribution in [0, 0.1) is 5.92 Å². The van der Waals surface area contributed by atoms with E-state index in [0.717, 1.165) is 26.4 Å². The van der Waals surface area contributed by atoms with E-state index in [9.17, 15) is 9.59 Å². The van der Waals surface area contributed by atoms with Gasteiger partial charge in [0, 0.05) is 15.8 Å². The number of esters is 2. The van der Waals surface area contributed by atoms with Crippen molar-refractivity contribution in [1.29, 1.82) is 0 Å². The Hall–Kier alpha value is -2.73. The van der Waals surface area contributed by atoms with E-state index in [1.54, 1.807) is 11.8 Å². The molecule has 0 spiro atoms. The fourth-order valence-electron chi connectivity index (χ4n) is 3.38. The predicted octanol–water partition coefficient (Wildman–Crippen LogP) is 4.95. The van der Waals surface area contributed by atoms with Crippen LogP contribution in [0.25, 0.3) is 10.9 Å². The van der Waals surface area contributed by atoms with Crippen LogP contribution in [0.15, 0.2) is 58.5 Å². The molecule has 3 aromatic rings. The third kappa shape index (κ3) is 4.48. The van der Waals surface area contributed by atoms with E-state index < -0.39 is 17.9 Å². The summed E-state index contributed by atoms with van der Waals surface area (Å²) in [5.74, 6) is -1.82. The molecule has 6 heteroatoms. The number of para-hydroxylation sites is 1. The highest BCUT2D eigenvalue weighted by Crippen LogP contribution is 2.39. The van der Waals surface area contributed by atoms with Gasteiger partial charge in [0.15, 0.2) is 5.92 Å². The van der Waals surface area contributed by atoms with Crippen LogP contribution in [0.2, 0.25) is 0 Å². The maximum absolute atomic E-state index is 12.2. The first-order valence-electron chi connectivity index (χ1n) is 9.48. The Labute approximate surface area is 174 Å². The lowest BCUT2D eigenvalue weighted by Gasteiger charge is -2.15. The molecule has 0 bridgehead atoms. The van der Waals surface area contributed by atoms with Gasteiger partial charge in [-0.3, -0.25) is 9.59 Å². The summed E-state index contributed by atoms with van der Waals surface area (Å²) >= 11 is 1.62. The van der Waals surface area contributed by atoms with Crippen LogP contribution in [0.1, 0.15) is 30.9 Å². The van der Waals surface area contributed by atoms with Crippen LogP contribution in [-0.4, -0.2) is 31.1 Å². The molecule has 0 aliphatic heterocycles. The van der Waals surface area contributed by atoms with E-state index in [-0.39, 0.29) is 6.42 Å². The average molecular weight is 412 g/mol. The molecule has 0 fully saturated rings. The van der Waals surface area contributed by atoms with Crippen molar-refractivity contribution >= 4 is 34.6 Å². The van der Waals surface area contributed by atoms with Crippen molar-refractivity contribution in [2.75, 3.05) is 14.2 Å². The van der Waals surface area contributed by atoms with Gasteiger partial charge in [0.25, 0.3) is 0 Å². The minimum atomic E-state index is -1.01. The summed E-state index contributed by atoms with van der Waals surface area (Å²) in [4.78, 5) is 29.1. The summed E-state index contributed by atoms with van der Waals surface area (Å²) in [5.41, 5.74) is 3.12. The van der Waals surface area contributed by atoms with E-state index in [2.05, 4.69) is 31.0 Å². The zero-order valence-corrected chi connectivity index (χ0v) is 17.8. The first-order chi connectivity index (χ1) is 14.0. The van der Waals surface area contributed by atoms with Gasteiger partial charge >= 0.3 is 11.9 Å². The average Bonchev–Trinajstić information content (AvgIpc) is 3.08. The van der Waals surface area contributed by atoms with Crippen LogP contribution in [-0.2, 0) is 25.5 Å². The monoisotopic (exact) mass is 411 g/mol. The fourth-order valence-corrected chi connectivity index (χ4v) is 4.64. The van der Waals surface area contributed by atoms with Crippen molar-refractivity contribution < 1.29 is 19.1 Å². The van der Waals surface area contributed by atoms with Gasteiger partial charge in [-0.2, -0.15) is 0 Å². The Morgan fingerprint density at radius 3 is 2.24 bits per heavy atom. The summed E-state index contributed by atoms with van der Waals surface area (Å²) in [5, 5.41) is 1.90. The number of aromatic amines is 1. The number of methoxy groups -OCH3 is 2. The van der Waals surface area contributed by atoms with Crippen molar-refractivity contribution in [1.82, 2.24) is 4.98 Å². The predicted molar refractivity (Wildman–Crippen MR) is 114 cm³/mol. The van der Waals surface area contributed by atoms with Gasteiger partial charge < -0.3 is 14.5 Å². The minimum Gasteiger partial charge on any atom is -0.468 e. The molecule has 2 aromatic carbocycles. The normalized spacial score (nSPS) is 11.2. The molecule has 0 saturated heterocycles. The van der Waals surface area contributed by atoms with Crippen LogP contribution >= 0.6 is 11.8 Å². The number of fused-ring (bicyclic) bond motifs is 1. The Bertz CT molecular complexity index is 1010. The third-order valence-electron chi connectivity index (χ3n) is 4.91. The number of ether oxygens (including phenoxy) is 2. The van der Waals surface area contributed by atoms with Gasteiger partial charge in [-0.15, -0.1) is 0 Å². The first-order valence-corrected chi connectivity index (χ1v) is 10.3. The van der Waals surface area contributed by atoms with Crippen LogP contribution in [0.4, 0.5) is 0 Å². The number of hydrogen-bond donors (Lipinski definition) is 1. The van der Waals surface area contributed by atoms with Gasteiger partial charge in [-0.1, -0.05) is 62.0 Å². The van der Waals surface area contributed by atoms with Gasteiger partial charge in [-0.25, -0.2) is 0 Å². The Kier molecular flexibility index (Phi) is 6.64. The summed E-state index contributed by atoms with van der Waals surface area (Å²) in [6.07, 6.45) is 0.204. The number of carbonyl (C=O) groups is 2. The zero-order valence-electron chi connectivity index (χ0n) is 17.0. The highest BCUT2D eigenvalue weighted by Gasteiger charge is 2.31. The van der Waals surface area contributed by atoms with Gasteiger partial charge in [-0.05, 0) is 35.6 Å². The molecule has 0 atom stereocenters. The molecule has 152 valence electrons. The molecule has 1 aromatic heterocycles. The highest BCUT2D eigenvalue weighted by molar-refractivity contribution is 7.99. The number of H-pyrrole nitrogens is 1. The lowest BCUT2D eigenvalue weighted by Crippen LogP contribution is -2.28. The van der Waals surface area contributed by atoms with Gasteiger partial charge in [0.2, 0.25) is 0 Å². The second kappa shape index (κ2) is 9.18. The molecule has 29 heavy (non-hydrogen) atoms. The summed E-state index contributed by atoms with van der Waals surface area (Å²) in [6, 6.07) is 16.2. The molecule has 3 rings (SSSR count). The molecule has 0 unspecified atom stereocenters. The lowest BCUT2D eigenvalue weighted by molar-refractivity contribution is -0.158. The number of nitrogens with one attached hydrogen (secondary N) is 1. The van der Waals surface area contributed by atoms with Gasteiger partial charge in [0.1, 0.15) is 0 Å². The molecule has 1 heterocycles. The van der Waals surface area contributed by atoms with Crippen molar-refractivity contribution in [2.24, 2.45) is 5.92 Å². The molecule has 0 radical (unpaired) electrons. The van der Waals surface area contributed by atoms with E-state index in [1.165, 1.54) is 19.8 Å². The van der Waals surface area contributed by atoms with Crippen molar-refractivity contribution in [2.45, 2.75) is 36.1 Å². The SMILES string of the molecule is COC(=O)C(Cc1c(Sc2ccccc2C(C)C)[nH]c2ccccc12)C(=O)OC. The van der Waals surface area contributed by atoms with Crippen molar-refractivity contribution in [3.8, 4) is 0 Å². The smallest absolute Gasteiger partial charge is 0.320 e. The quantitative estimate of drug-likeness (QED) is 0.440. The maximum Gasteiger partial charge on any atom is 0.320 e. The third-order valence-corrected chi connectivity index (χ3v) is 6.05. The number of carbonyl (C=O) groups excluding carboxylic acids is 2. The summed E-state index contributed by atoms with van der Waals surface area (Å²) < 4.78 is 9.70. The van der Waals surface area contributed by atoms with Gasteiger partial charge in [0.05, 0.1) is 19.2 Å². The lowest BCUT2D eigenvalue weighted by atomic mass is 9.99. The topological polar surface area (TPSA) is 68.4 Å². The fraction of sp³-hybridized carbons (Fsp3) is 0.304. The zero-order chi connectivity index (χ0) is 21.0. The van der Waals surface area contributed by atoms with E-state index in [4.69, 9.17) is 9.47 Å². The second-order valence-corrected chi connectivity index (χ2v) is 8.13. The summed E-state index contributed by atoms with van der Waals surface area (Å²) in [6.45, 7) is 4.33. The Balaban J connectivity index is 2.07. The first kappa shape index (κ1) is 21.0. The molecule has 0 aliphatic rings. The van der Waals surface area contributed by atoms with E-state index in [0.29, 0.717) is 5.92 Å². The minimum absolute atomic E-state index is 0.204. The Morgan fingerprint density at radius 2 is 1.59 bits per heavy atom. The van der Waals surface area contributed by atoms with E-state index >= 15 is 0 Å². The van der Waals surface area contributed by atoms with E-state index in [1.807, 2.05) is 36.4 Å². The van der Waals surface area contributed by atoms with Crippen LogP contribution < -0.4 is 0 Å². The molecule has 0 saturated carbocycles. The second-order valence-electron chi connectivity index (χ2n) is 7.08. The maximum atomic E-state index is 12.2. The number of benzene rings is 2. The van der Waals surface area contributed by atoms with Crippen molar-refractivity contribution in [3.63, 3.8) is 0 Å². The standard InChI is InChI=1S/C23H25NO4S/c1-14(2)15-9-6-8-12-20(15)29-21-17(16-10-5-7-11-19(16)24-21)13-18(22(25)27-3)23(26)28-4/h5-12,14,18,24H,13H2,1-4H3. The largest absolute Gasteiger partial charge is 0.468 e. The molecular weight excluding hydrogens is 386 g/mol. The van der Waals surface area contributed by atoms with Crippen LogP contribution in [0.5, 0.6) is 0 Å².